The normalized spacial score (nSPS) is 16.1. The van der Waals surface area contributed by atoms with Crippen molar-refractivity contribution in [1.29, 1.82) is 0 Å². The van der Waals surface area contributed by atoms with Crippen LogP contribution in [0.3, 0.4) is 0 Å². The van der Waals surface area contributed by atoms with E-state index in [0.717, 1.165) is 53.9 Å². The van der Waals surface area contributed by atoms with Gasteiger partial charge in [-0.15, -0.1) is 0 Å². The molecule has 1 saturated heterocycles. The van der Waals surface area contributed by atoms with Gasteiger partial charge in [0.05, 0.1) is 29.8 Å². The number of aromatic amines is 1. The van der Waals surface area contributed by atoms with E-state index in [1.54, 1.807) is 0 Å². The summed E-state index contributed by atoms with van der Waals surface area (Å²) in [5.41, 5.74) is 5.39. The van der Waals surface area contributed by atoms with E-state index in [1.165, 1.54) is 5.69 Å². The number of piperidine rings is 1. The van der Waals surface area contributed by atoms with E-state index in [-0.39, 0.29) is 0 Å². The van der Waals surface area contributed by atoms with Gasteiger partial charge < -0.3 is 15.6 Å². The van der Waals surface area contributed by atoms with Crippen molar-refractivity contribution in [2.24, 2.45) is 0 Å². The second-order valence-corrected chi connectivity index (χ2v) is 6.16. The number of pyridine rings is 1. The SMILES string of the molecule is CNc1cnc2[nH]c(-c3cnn(C4CCNCC4)c3C)cc2c1. The average molecular weight is 310 g/mol. The highest BCUT2D eigenvalue weighted by molar-refractivity contribution is 5.85. The third-order valence-corrected chi connectivity index (χ3v) is 4.75. The summed E-state index contributed by atoms with van der Waals surface area (Å²) in [6, 6.07) is 4.76. The first-order valence-electron chi connectivity index (χ1n) is 8.18. The average Bonchev–Trinajstić information content (AvgIpc) is 3.17. The van der Waals surface area contributed by atoms with Crippen LogP contribution in [-0.2, 0) is 0 Å². The molecule has 4 rings (SSSR count). The predicted octanol–water partition coefficient (Wildman–Crippen LogP) is 2.70. The Balaban J connectivity index is 1.71. The van der Waals surface area contributed by atoms with Crippen LogP contribution in [0.25, 0.3) is 22.3 Å². The third-order valence-electron chi connectivity index (χ3n) is 4.75. The summed E-state index contributed by atoms with van der Waals surface area (Å²) in [6.45, 7) is 4.30. The molecule has 0 radical (unpaired) electrons. The lowest BCUT2D eigenvalue weighted by molar-refractivity contribution is 0.338. The maximum absolute atomic E-state index is 4.66. The molecule has 1 aliphatic rings. The van der Waals surface area contributed by atoms with Crippen LogP contribution < -0.4 is 10.6 Å². The van der Waals surface area contributed by atoms with Gasteiger partial charge in [-0.05, 0) is 45.0 Å². The summed E-state index contributed by atoms with van der Waals surface area (Å²) in [4.78, 5) is 7.89. The van der Waals surface area contributed by atoms with Crippen molar-refractivity contribution in [3.8, 4) is 11.3 Å². The zero-order valence-electron chi connectivity index (χ0n) is 13.6. The quantitative estimate of drug-likeness (QED) is 0.695. The summed E-state index contributed by atoms with van der Waals surface area (Å²) in [6.07, 6.45) is 6.10. The molecule has 3 aromatic rings. The molecule has 0 saturated carbocycles. The Morgan fingerprint density at radius 1 is 1.22 bits per heavy atom. The molecule has 0 aromatic carbocycles. The number of rotatable bonds is 3. The summed E-state index contributed by atoms with van der Waals surface area (Å²) < 4.78 is 2.19. The van der Waals surface area contributed by atoms with Gasteiger partial charge >= 0.3 is 0 Å². The van der Waals surface area contributed by atoms with Crippen molar-refractivity contribution < 1.29 is 0 Å². The molecule has 4 heterocycles. The molecule has 0 bridgehead atoms. The highest BCUT2D eigenvalue weighted by Gasteiger charge is 2.20. The molecular weight excluding hydrogens is 288 g/mol. The molecule has 0 unspecified atom stereocenters. The van der Waals surface area contributed by atoms with Crippen LogP contribution >= 0.6 is 0 Å². The van der Waals surface area contributed by atoms with E-state index in [4.69, 9.17) is 0 Å². The van der Waals surface area contributed by atoms with Crippen LogP contribution in [0, 0.1) is 6.92 Å². The molecule has 0 aliphatic carbocycles. The fraction of sp³-hybridized carbons (Fsp3) is 0.412. The third kappa shape index (κ3) is 2.49. The molecule has 1 aliphatic heterocycles. The van der Waals surface area contributed by atoms with Crippen LogP contribution in [0.5, 0.6) is 0 Å². The van der Waals surface area contributed by atoms with Gasteiger partial charge in [-0.1, -0.05) is 0 Å². The van der Waals surface area contributed by atoms with Crippen LogP contribution in [0.1, 0.15) is 24.6 Å². The number of hydrogen-bond acceptors (Lipinski definition) is 4. The molecule has 3 N–H and O–H groups in total. The van der Waals surface area contributed by atoms with Gasteiger partial charge in [0.2, 0.25) is 0 Å². The molecule has 0 spiro atoms. The van der Waals surface area contributed by atoms with Gasteiger partial charge in [-0.2, -0.15) is 5.10 Å². The molecule has 0 amide bonds. The summed E-state index contributed by atoms with van der Waals surface area (Å²) in [5, 5.41) is 12.3. The largest absolute Gasteiger partial charge is 0.387 e. The maximum Gasteiger partial charge on any atom is 0.137 e. The van der Waals surface area contributed by atoms with Gasteiger partial charge in [0.15, 0.2) is 0 Å². The molecule has 0 atom stereocenters. The summed E-state index contributed by atoms with van der Waals surface area (Å²) >= 11 is 0. The Morgan fingerprint density at radius 3 is 2.83 bits per heavy atom. The van der Waals surface area contributed by atoms with Crippen molar-refractivity contribution in [2.45, 2.75) is 25.8 Å². The van der Waals surface area contributed by atoms with Crippen molar-refractivity contribution in [2.75, 3.05) is 25.5 Å². The van der Waals surface area contributed by atoms with Gasteiger partial charge in [0.1, 0.15) is 5.65 Å². The van der Waals surface area contributed by atoms with E-state index < -0.39 is 0 Å². The molecule has 1 fully saturated rings. The topological polar surface area (TPSA) is 70.6 Å². The number of nitrogens with one attached hydrogen (secondary N) is 3. The van der Waals surface area contributed by atoms with E-state index in [1.807, 2.05) is 19.4 Å². The van der Waals surface area contributed by atoms with Crippen molar-refractivity contribution >= 4 is 16.7 Å². The molecular formula is C17H22N6. The second kappa shape index (κ2) is 5.70. The van der Waals surface area contributed by atoms with Crippen LogP contribution in [-0.4, -0.2) is 39.9 Å². The maximum atomic E-state index is 4.66. The number of anilines is 1. The van der Waals surface area contributed by atoms with E-state index in [2.05, 4.69) is 49.4 Å². The van der Waals surface area contributed by atoms with Gasteiger partial charge in [0.25, 0.3) is 0 Å². The van der Waals surface area contributed by atoms with Crippen molar-refractivity contribution in [3.05, 3.63) is 30.2 Å². The fourth-order valence-electron chi connectivity index (χ4n) is 3.40. The number of hydrogen-bond donors (Lipinski definition) is 3. The highest BCUT2D eigenvalue weighted by atomic mass is 15.3. The fourth-order valence-corrected chi connectivity index (χ4v) is 3.40. The van der Waals surface area contributed by atoms with Crippen LogP contribution in [0.2, 0.25) is 0 Å². The molecule has 23 heavy (non-hydrogen) atoms. The number of nitrogens with zero attached hydrogens (tertiary/aromatic N) is 3. The molecule has 3 aromatic heterocycles. The van der Waals surface area contributed by atoms with Crippen molar-refractivity contribution in [1.82, 2.24) is 25.1 Å². The highest BCUT2D eigenvalue weighted by Crippen LogP contribution is 2.29. The number of H-pyrrole nitrogens is 1. The summed E-state index contributed by atoms with van der Waals surface area (Å²) in [7, 11) is 1.91. The van der Waals surface area contributed by atoms with Gasteiger partial charge in [-0.25, -0.2) is 4.98 Å². The lowest BCUT2D eigenvalue weighted by Gasteiger charge is -2.24. The Morgan fingerprint density at radius 2 is 2.04 bits per heavy atom. The lowest BCUT2D eigenvalue weighted by atomic mass is 10.1. The summed E-state index contributed by atoms with van der Waals surface area (Å²) in [5.74, 6) is 0. The van der Waals surface area contributed by atoms with Gasteiger partial charge in [-0.3, -0.25) is 4.68 Å². The van der Waals surface area contributed by atoms with Gasteiger partial charge in [0, 0.05) is 23.7 Å². The van der Waals surface area contributed by atoms with Crippen LogP contribution in [0.15, 0.2) is 24.5 Å². The predicted molar refractivity (Wildman–Crippen MR) is 92.7 cm³/mol. The second-order valence-electron chi connectivity index (χ2n) is 6.16. The minimum Gasteiger partial charge on any atom is -0.387 e. The number of fused-ring (bicyclic) bond motifs is 1. The first kappa shape index (κ1) is 14.3. The Kier molecular flexibility index (Phi) is 3.53. The minimum absolute atomic E-state index is 0.503. The zero-order valence-corrected chi connectivity index (χ0v) is 13.6. The van der Waals surface area contributed by atoms with E-state index in [0.29, 0.717) is 6.04 Å². The van der Waals surface area contributed by atoms with Crippen LogP contribution in [0.4, 0.5) is 5.69 Å². The Labute approximate surface area is 135 Å². The molecule has 6 nitrogen and oxygen atoms in total. The first-order valence-corrected chi connectivity index (χ1v) is 8.18. The Bertz CT molecular complexity index is 825. The van der Waals surface area contributed by atoms with Crippen molar-refractivity contribution in [3.63, 3.8) is 0 Å². The first-order chi connectivity index (χ1) is 11.3. The van der Waals surface area contributed by atoms with E-state index in [9.17, 15) is 0 Å². The standard InChI is InChI=1S/C17H22N6/c1-11-15(10-21-23(11)14-3-5-19-6-4-14)16-8-12-7-13(18-2)9-20-17(12)22-16/h7-10,14,18-19H,3-6H2,1-2H3,(H,20,22). The number of aromatic nitrogens is 4. The zero-order chi connectivity index (χ0) is 15.8. The Hall–Kier alpha value is -2.34. The van der Waals surface area contributed by atoms with E-state index >= 15 is 0 Å². The monoisotopic (exact) mass is 310 g/mol. The smallest absolute Gasteiger partial charge is 0.137 e. The minimum atomic E-state index is 0.503. The molecule has 6 heteroatoms. The lowest BCUT2D eigenvalue weighted by Crippen LogP contribution is -2.30. The molecule has 120 valence electrons.